The van der Waals surface area contributed by atoms with Crippen LogP contribution >= 0.6 is 11.6 Å². The molecule has 2 nitrogen and oxygen atoms in total. The summed E-state index contributed by atoms with van der Waals surface area (Å²) >= 11 is 5.82. The lowest BCUT2D eigenvalue weighted by atomic mass is 10.2. The molecule has 66 valence electrons. The third kappa shape index (κ3) is 1.21. The van der Waals surface area contributed by atoms with Crippen molar-refractivity contribution in [3.8, 4) is 0 Å². The van der Waals surface area contributed by atoms with Crippen LogP contribution in [0.4, 0.5) is 10.1 Å². The van der Waals surface area contributed by atoms with Crippen LogP contribution in [0.15, 0.2) is 24.4 Å². The van der Waals surface area contributed by atoms with E-state index in [1.807, 2.05) is 0 Å². The first-order valence-electron chi connectivity index (χ1n) is 3.68. The molecule has 0 radical (unpaired) electrons. The Balaban J connectivity index is 3.00. The number of pyridine rings is 1. The van der Waals surface area contributed by atoms with Gasteiger partial charge in [-0.25, -0.2) is 4.39 Å². The highest BCUT2D eigenvalue weighted by atomic mass is 35.5. The summed E-state index contributed by atoms with van der Waals surface area (Å²) in [5, 5.41) is 0.693. The molecule has 2 rings (SSSR count). The molecule has 1 heterocycles. The van der Waals surface area contributed by atoms with Crippen LogP contribution in [0.1, 0.15) is 0 Å². The lowest BCUT2D eigenvalue weighted by molar-refractivity contribution is 0.640. The zero-order chi connectivity index (χ0) is 9.42. The van der Waals surface area contributed by atoms with Crippen LogP contribution in [0.3, 0.4) is 0 Å². The molecule has 13 heavy (non-hydrogen) atoms. The number of rotatable bonds is 0. The first-order valence-corrected chi connectivity index (χ1v) is 4.06. The van der Waals surface area contributed by atoms with Crippen LogP contribution in [-0.4, -0.2) is 4.98 Å². The highest BCUT2D eigenvalue weighted by Gasteiger charge is 2.07. The van der Waals surface area contributed by atoms with Gasteiger partial charge >= 0.3 is 0 Å². The van der Waals surface area contributed by atoms with Gasteiger partial charge in [-0.15, -0.1) is 0 Å². The minimum absolute atomic E-state index is 0.287. The van der Waals surface area contributed by atoms with Gasteiger partial charge in [-0.3, -0.25) is 4.98 Å². The van der Waals surface area contributed by atoms with E-state index in [0.29, 0.717) is 16.2 Å². The first-order chi connectivity index (χ1) is 6.20. The van der Waals surface area contributed by atoms with Crippen molar-refractivity contribution in [1.29, 1.82) is 0 Å². The van der Waals surface area contributed by atoms with E-state index < -0.39 is 5.82 Å². The third-order valence-electron chi connectivity index (χ3n) is 1.82. The fraction of sp³-hybridized carbons (Fsp3) is 0. The van der Waals surface area contributed by atoms with Crippen molar-refractivity contribution >= 4 is 28.2 Å². The standard InChI is InChI=1S/C9H6ClFN2/c10-5-1-2-6(11)8-7(12)3-4-13-9(5)8/h1-4H,(H2,12,13). The summed E-state index contributed by atoms with van der Waals surface area (Å²) in [5.41, 5.74) is 6.34. The van der Waals surface area contributed by atoms with Crippen molar-refractivity contribution in [2.45, 2.75) is 0 Å². The fourth-order valence-electron chi connectivity index (χ4n) is 1.22. The molecule has 0 unspecified atom stereocenters. The van der Waals surface area contributed by atoms with Crippen LogP contribution < -0.4 is 5.73 Å². The molecule has 0 aliphatic carbocycles. The average molecular weight is 197 g/mol. The van der Waals surface area contributed by atoms with Gasteiger partial charge in [-0.05, 0) is 18.2 Å². The Morgan fingerprint density at radius 3 is 2.77 bits per heavy atom. The normalized spacial score (nSPS) is 10.6. The minimum Gasteiger partial charge on any atom is -0.398 e. The Morgan fingerprint density at radius 1 is 1.31 bits per heavy atom. The lowest BCUT2D eigenvalue weighted by Crippen LogP contribution is -1.91. The van der Waals surface area contributed by atoms with Crippen molar-refractivity contribution in [3.63, 3.8) is 0 Å². The van der Waals surface area contributed by atoms with Crippen molar-refractivity contribution in [1.82, 2.24) is 4.98 Å². The molecule has 0 fully saturated rings. The zero-order valence-electron chi connectivity index (χ0n) is 6.59. The maximum Gasteiger partial charge on any atom is 0.134 e. The number of hydrogen-bond acceptors (Lipinski definition) is 2. The smallest absolute Gasteiger partial charge is 0.134 e. The second-order valence-electron chi connectivity index (χ2n) is 2.65. The molecule has 0 bridgehead atoms. The van der Waals surface area contributed by atoms with Gasteiger partial charge in [0.25, 0.3) is 0 Å². The van der Waals surface area contributed by atoms with E-state index in [-0.39, 0.29) is 5.39 Å². The number of anilines is 1. The second kappa shape index (κ2) is 2.85. The van der Waals surface area contributed by atoms with E-state index in [2.05, 4.69) is 4.98 Å². The quantitative estimate of drug-likeness (QED) is 0.704. The van der Waals surface area contributed by atoms with E-state index in [1.165, 1.54) is 18.3 Å². The van der Waals surface area contributed by atoms with E-state index in [1.54, 1.807) is 6.07 Å². The van der Waals surface area contributed by atoms with E-state index in [4.69, 9.17) is 17.3 Å². The second-order valence-corrected chi connectivity index (χ2v) is 3.06. The summed E-state index contributed by atoms with van der Waals surface area (Å²) in [5.74, 6) is -0.398. The first kappa shape index (κ1) is 8.26. The number of fused-ring (bicyclic) bond motifs is 1. The molecule has 0 amide bonds. The summed E-state index contributed by atoms with van der Waals surface area (Å²) < 4.78 is 13.2. The lowest BCUT2D eigenvalue weighted by Gasteiger charge is -2.03. The summed E-state index contributed by atoms with van der Waals surface area (Å²) in [6, 6.07) is 4.29. The topological polar surface area (TPSA) is 38.9 Å². The van der Waals surface area contributed by atoms with Gasteiger partial charge in [0, 0.05) is 11.9 Å². The monoisotopic (exact) mass is 196 g/mol. The maximum atomic E-state index is 13.2. The molecule has 1 aromatic carbocycles. The molecule has 0 saturated heterocycles. The Kier molecular flexibility index (Phi) is 1.81. The van der Waals surface area contributed by atoms with Gasteiger partial charge in [0.1, 0.15) is 5.82 Å². The van der Waals surface area contributed by atoms with Crippen LogP contribution in [0.25, 0.3) is 10.9 Å². The Bertz CT molecular complexity index is 462. The van der Waals surface area contributed by atoms with E-state index in [9.17, 15) is 4.39 Å². The Morgan fingerprint density at radius 2 is 2.08 bits per heavy atom. The van der Waals surface area contributed by atoms with Crippen LogP contribution in [0.2, 0.25) is 5.02 Å². The predicted molar refractivity (Wildman–Crippen MR) is 51.1 cm³/mol. The number of aromatic nitrogens is 1. The van der Waals surface area contributed by atoms with Crippen molar-refractivity contribution in [2.75, 3.05) is 5.73 Å². The predicted octanol–water partition coefficient (Wildman–Crippen LogP) is 2.61. The number of nitrogens with two attached hydrogens (primary N) is 1. The van der Waals surface area contributed by atoms with Gasteiger partial charge in [0.15, 0.2) is 0 Å². The number of nitrogen functional groups attached to an aromatic ring is 1. The van der Waals surface area contributed by atoms with Crippen molar-refractivity contribution in [2.24, 2.45) is 0 Å². The van der Waals surface area contributed by atoms with Crippen LogP contribution in [0.5, 0.6) is 0 Å². The third-order valence-corrected chi connectivity index (χ3v) is 2.13. The summed E-state index contributed by atoms with van der Waals surface area (Å²) in [7, 11) is 0. The molecule has 2 aromatic rings. The fourth-order valence-corrected chi connectivity index (χ4v) is 1.42. The molecular weight excluding hydrogens is 191 g/mol. The highest BCUT2D eigenvalue weighted by molar-refractivity contribution is 6.35. The van der Waals surface area contributed by atoms with Crippen LogP contribution in [-0.2, 0) is 0 Å². The summed E-state index contributed by atoms with van der Waals surface area (Å²) in [6.07, 6.45) is 1.50. The largest absolute Gasteiger partial charge is 0.398 e. The van der Waals surface area contributed by atoms with Crippen LogP contribution in [0, 0.1) is 5.82 Å². The molecule has 0 saturated carbocycles. The van der Waals surface area contributed by atoms with Crippen molar-refractivity contribution in [3.05, 3.63) is 35.2 Å². The van der Waals surface area contributed by atoms with Gasteiger partial charge < -0.3 is 5.73 Å². The number of nitrogens with zero attached hydrogens (tertiary/aromatic N) is 1. The molecule has 0 atom stereocenters. The van der Waals surface area contributed by atoms with Gasteiger partial charge in [0.2, 0.25) is 0 Å². The summed E-state index contributed by atoms with van der Waals surface area (Å²) in [4.78, 5) is 3.95. The Hall–Kier alpha value is -1.35. The summed E-state index contributed by atoms with van der Waals surface area (Å²) in [6.45, 7) is 0. The van der Waals surface area contributed by atoms with Crippen molar-refractivity contribution < 1.29 is 4.39 Å². The Labute approximate surface area is 79.1 Å². The molecule has 2 N–H and O–H groups in total. The minimum atomic E-state index is -0.398. The maximum absolute atomic E-state index is 13.2. The molecule has 1 aromatic heterocycles. The van der Waals surface area contributed by atoms with E-state index in [0.717, 1.165) is 0 Å². The highest BCUT2D eigenvalue weighted by Crippen LogP contribution is 2.27. The number of benzene rings is 1. The number of halogens is 2. The van der Waals surface area contributed by atoms with Gasteiger partial charge in [-0.2, -0.15) is 0 Å². The van der Waals surface area contributed by atoms with E-state index >= 15 is 0 Å². The van der Waals surface area contributed by atoms with Gasteiger partial charge in [-0.1, -0.05) is 11.6 Å². The molecule has 4 heteroatoms. The molecule has 0 spiro atoms. The molecule has 0 aliphatic rings. The average Bonchev–Trinajstić information content (AvgIpc) is 2.12. The SMILES string of the molecule is Nc1ccnc2c(Cl)ccc(F)c12. The van der Waals surface area contributed by atoms with Gasteiger partial charge in [0.05, 0.1) is 15.9 Å². The molecule has 0 aliphatic heterocycles. The zero-order valence-corrected chi connectivity index (χ0v) is 7.35. The number of hydrogen-bond donors (Lipinski definition) is 1. The molecular formula is C9H6ClFN2.